The number of amides is 1. The van der Waals surface area contributed by atoms with Crippen molar-refractivity contribution in [2.24, 2.45) is 0 Å². The molecule has 0 aliphatic rings. The lowest BCUT2D eigenvalue weighted by Crippen LogP contribution is -2.36. The second-order valence-electron chi connectivity index (χ2n) is 3.75. The maximum Gasteiger partial charge on any atom is 0.224 e. The van der Waals surface area contributed by atoms with E-state index in [-0.39, 0.29) is 18.6 Å². The molecule has 0 unspecified atom stereocenters. The first kappa shape index (κ1) is 11.7. The van der Waals surface area contributed by atoms with E-state index in [0.717, 1.165) is 11.1 Å². The molecule has 0 heterocycles. The van der Waals surface area contributed by atoms with Crippen LogP contribution < -0.4 is 5.32 Å². The maximum atomic E-state index is 11.5. The highest BCUT2D eigenvalue weighted by Gasteiger charge is 2.07. The first-order valence-electron chi connectivity index (χ1n) is 5.08. The minimum Gasteiger partial charge on any atom is -0.394 e. The van der Waals surface area contributed by atoms with Gasteiger partial charge in [0, 0.05) is 6.04 Å². The summed E-state index contributed by atoms with van der Waals surface area (Å²) in [5, 5.41) is 11.5. The minimum atomic E-state index is -0.179. The summed E-state index contributed by atoms with van der Waals surface area (Å²) in [5.41, 5.74) is 2.14. The molecule has 1 aromatic carbocycles. The number of benzene rings is 1. The Labute approximate surface area is 90.1 Å². The van der Waals surface area contributed by atoms with Gasteiger partial charge >= 0.3 is 0 Å². The molecule has 0 spiro atoms. The third kappa shape index (κ3) is 3.72. The van der Waals surface area contributed by atoms with E-state index in [1.807, 2.05) is 31.2 Å². The molecule has 82 valence electrons. The Kier molecular flexibility index (Phi) is 4.31. The normalized spacial score (nSPS) is 12.2. The highest BCUT2D eigenvalue weighted by Crippen LogP contribution is 2.07. The largest absolute Gasteiger partial charge is 0.394 e. The summed E-state index contributed by atoms with van der Waals surface area (Å²) in [7, 11) is 0. The maximum absolute atomic E-state index is 11.5. The van der Waals surface area contributed by atoms with Crippen LogP contribution in [0.5, 0.6) is 0 Å². The molecular weight excluding hydrogens is 190 g/mol. The Hall–Kier alpha value is -1.35. The summed E-state index contributed by atoms with van der Waals surface area (Å²) >= 11 is 0. The lowest BCUT2D eigenvalue weighted by atomic mass is 10.1. The smallest absolute Gasteiger partial charge is 0.224 e. The molecule has 1 atom stereocenters. The Morgan fingerprint density at radius 1 is 1.47 bits per heavy atom. The number of rotatable bonds is 4. The van der Waals surface area contributed by atoms with Gasteiger partial charge in [-0.25, -0.2) is 0 Å². The Morgan fingerprint density at radius 3 is 2.73 bits per heavy atom. The molecule has 0 fully saturated rings. The van der Waals surface area contributed by atoms with Crippen LogP contribution in [0, 0.1) is 6.92 Å². The predicted molar refractivity (Wildman–Crippen MR) is 59.6 cm³/mol. The van der Waals surface area contributed by atoms with Crippen LogP contribution in [-0.2, 0) is 11.2 Å². The van der Waals surface area contributed by atoms with Gasteiger partial charge in [0.25, 0.3) is 0 Å². The van der Waals surface area contributed by atoms with Gasteiger partial charge in [0.1, 0.15) is 0 Å². The van der Waals surface area contributed by atoms with Gasteiger partial charge in [-0.05, 0) is 25.0 Å². The number of hydrogen-bond acceptors (Lipinski definition) is 2. The van der Waals surface area contributed by atoms with Crippen molar-refractivity contribution in [2.45, 2.75) is 26.3 Å². The number of aryl methyl sites for hydroxylation is 1. The molecular formula is C12H17NO2. The van der Waals surface area contributed by atoms with Crippen LogP contribution in [0.1, 0.15) is 18.1 Å². The average molecular weight is 207 g/mol. The van der Waals surface area contributed by atoms with Crippen molar-refractivity contribution < 1.29 is 9.90 Å². The zero-order valence-corrected chi connectivity index (χ0v) is 9.16. The van der Waals surface area contributed by atoms with Gasteiger partial charge in [-0.3, -0.25) is 4.79 Å². The van der Waals surface area contributed by atoms with E-state index >= 15 is 0 Å². The average Bonchev–Trinajstić information content (AvgIpc) is 2.21. The summed E-state index contributed by atoms with van der Waals surface area (Å²) in [6, 6.07) is 7.62. The first-order valence-corrected chi connectivity index (χ1v) is 5.08. The number of nitrogens with one attached hydrogen (secondary N) is 1. The van der Waals surface area contributed by atoms with Gasteiger partial charge in [0.2, 0.25) is 5.91 Å². The van der Waals surface area contributed by atoms with Crippen molar-refractivity contribution in [1.29, 1.82) is 0 Å². The molecule has 1 aromatic rings. The Morgan fingerprint density at radius 2 is 2.13 bits per heavy atom. The van der Waals surface area contributed by atoms with E-state index in [4.69, 9.17) is 5.11 Å². The molecule has 15 heavy (non-hydrogen) atoms. The SMILES string of the molecule is Cc1ccccc1CC(=O)N[C@@H](C)CO. The summed E-state index contributed by atoms with van der Waals surface area (Å²) in [5.74, 6) is -0.0501. The van der Waals surface area contributed by atoms with Crippen molar-refractivity contribution in [3.05, 3.63) is 35.4 Å². The highest BCUT2D eigenvalue weighted by molar-refractivity contribution is 5.79. The quantitative estimate of drug-likeness (QED) is 0.775. The molecule has 3 heteroatoms. The van der Waals surface area contributed by atoms with Gasteiger partial charge in [-0.1, -0.05) is 24.3 Å². The molecule has 2 N–H and O–H groups in total. The van der Waals surface area contributed by atoms with Gasteiger partial charge in [0.15, 0.2) is 0 Å². The van der Waals surface area contributed by atoms with Crippen molar-refractivity contribution in [2.75, 3.05) is 6.61 Å². The van der Waals surface area contributed by atoms with Crippen molar-refractivity contribution >= 4 is 5.91 Å². The highest BCUT2D eigenvalue weighted by atomic mass is 16.3. The van der Waals surface area contributed by atoms with Crippen LogP contribution in [0.25, 0.3) is 0 Å². The molecule has 3 nitrogen and oxygen atoms in total. The fraction of sp³-hybridized carbons (Fsp3) is 0.417. The van der Waals surface area contributed by atoms with Crippen LogP contribution >= 0.6 is 0 Å². The molecule has 1 rings (SSSR count). The van der Waals surface area contributed by atoms with Crippen LogP contribution in [0.3, 0.4) is 0 Å². The first-order chi connectivity index (χ1) is 7.13. The van der Waals surface area contributed by atoms with Crippen LogP contribution in [0.15, 0.2) is 24.3 Å². The summed E-state index contributed by atoms with van der Waals surface area (Å²) in [4.78, 5) is 11.5. The lowest BCUT2D eigenvalue weighted by molar-refractivity contribution is -0.121. The number of carbonyl (C=O) groups is 1. The van der Waals surface area contributed by atoms with Crippen molar-refractivity contribution in [3.8, 4) is 0 Å². The summed E-state index contributed by atoms with van der Waals surface area (Å²) in [6.45, 7) is 3.73. The summed E-state index contributed by atoms with van der Waals surface area (Å²) in [6.07, 6.45) is 0.372. The zero-order chi connectivity index (χ0) is 11.3. The molecule has 0 bridgehead atoms. The Bertz CT molecular complexity index is 336. The van der Waals surface area contributed by atoms with E-state index in [1.54, 1.807) is 6.92 Å². The van der Waals surface area contributed by atoms with Crippen LogP contribution in [-0.4, -0.2) is 23.7 Å². The molecule has 0 aliphatic heterocycles. The van der Waals surface area contributed by atoms with E-state index in [1.165, 1.54) is 0 Å². The number of hydrogen-bond donors (Lipinski definition) is 2. The Balaban J connectivity index is 2.55. The second kappa shape index (κ2) is 5.51. The molecule has 0 aliphatic carbocycles. The van der Waals surface area contributed by atoms with Gasteiger partial charge in [0.05, 0.1) is 13.0 Å². The van der Waals surface area contributed by atoms with Crippen molar-refractivity contribution in [1.82, 2.24) is 5.32 Å². The third-order valence-electron chi connectivity index (χ3n) is 2.29. The van der Waals surface area contributed by atoms with Crippen LogP contribution in [0.2, 0.25) is 0 Å². The van der Waals surface area contributed by atoms with Crippen LogP contribution in [0.4, 0.5) is 0 Å². The number of aliphatic hydroxyl groups is 1. The topological polar surface area (TPSA) is 49.3 Å². The molecule has 0 radical (unpaired) electrons. The molecule has 1 amide bonds. The fourth-order valence-electron chi connectivity index (χ4n) is 1.35. The number of aliphatic hydroxyl groups excluding tert-OH is 1. The van der Waals surface area contributed by atoms with E-state index in [2.05, 4.69) is 5.32 Å². The molecule has 0 saturated heterocycles. The van der Waals surface area contributed by atoms with Gasteiger partial charge < -0.3 is 10.4 Å². The monoisotopic (exact) mass is 207 g/mol. The van der Waals surface area contributed by atoms with Gasteiger partial charge in [-0.2, -0.15) is 0 Å². The summed E-state index contributed by atoms with van der Waals surface area (Å²) < 4.78 is 0. The van der Waals surface area contributed by atoms with E-state index in [0.29, 0.717) is 6.42 Å². The number of carbonyl (C=O) groups excluding carboxylic acids is 1. The zero-order valence-electron chi connectivity index (χ0n) is 9.16. The molecule has 0 aromatic heterocycles. The standard InChI is InChI=1S/C12H17NO2/c1-9-5-3-4-6-11(9)7-12(15)13-10(2)8-14/h3-6,10,14H,7-8H2,1-2H3,(H,13,15)/t10-/m0/s1. The van der Waals surface area contributed by atoms with Gasteiger partial charge in [-0.15, -0.1) is 0 Å². The lowest BCUT2D eigenvalue weighted by Gasteiger charge is -2.11. The molecule has 0 saturated carbocycles. The van der Waals surface area contributed by atoms with E-state index < -0.39 is 0 Å². The predicted octanol–water partition coefficient (Wildman–Crippen LogP) is 1.03. The van der Waals surface area contributed by atoms with Crippen molar-refractivity contribution in [3.63, 3.8) is 0 Å². The minimum absolute atomic E-state index is 0.0283. The van der Waals surface area contributed by atoms with E-state index in [9.17, 15) is 4.79 Å². The third-order valence-corrected chi connectivity index (χ3v) is 2.29. The second-order valence-corrected chi connectivity index (χ2v) is 3.75. The fourth-order valence-corrected chi connectivity index (χ4v) is 1.35.